The Morgan fingerprint density at radius 1 is 1.21 bits per heavy atom. The molecule has 0 aromatic heterocycles. The van der Waals surface area contributed by atoms with E-state index < -0.39 is 27.8 Å². The number of rotatable bonds is 6. The van der Waals surface area contributed by atoms with Crippen LogP contribution in [-0.4, -0.2) is 20.5 Å². The standard InChI is InChI=1S/C18H20FNO3S/c1-12-3-8-16(9-17(12)19)20-18(22)13(2)24(23)11-15-6-4-14(10-21)5-7-15/h3-9,13,21H,10-11H2,1-2H3,(H,20,22). The highest BCUT2D eigenvalue weighted by molar-refractivity contribution is 7.85. The Balaban J connectivity index is 1.98. The predicted octanol–water partition coefficient (Wildman–Crippen LogP) is 2.90. The molecule has 0 fully saturated rings. The molecule has 4 nitrogen and oxygen atoms in total. The van der Waals surface area contributed by atoms with Crippen LogP contribution in [0, 0.1) is 12.7 Å². The van der Waals surface area contributed by atoms with Gasteiger partial charge in [-0.25, -0.2) is 4.39 Å². The molecule has 24 heavy (non-hydrogen) atoms. The summed E-state index contributed by atoms with van der Waals surface area (Å²) in [7, 11) is -1.41. The van der Waals surface area contributed by atoms with E-state index in [4.69, 9.17) is 5.11 Å². The lowest BCUT2D eigenvalue weighted by Crippen LogP contribution is -2.29. The van der Waals surface area contributed by atoms with Crippen LogP contribution in [0.5, 0.6) is 0 Å². The van der Waals surface area contributed by atoms with Crippen molar-refractivity contribution in [3.05, 3.63) is 65.0 Å². The van der Waals surface area contributed by atoms with E-state index in [0.717, 1.165) is 11.1 Å². The fraction of sp³-hybridized carbons (Fsp3) is 0.278. The summed E-state index contributed by atoms with van der Waals surface area (Å²) >= 11 is 0. The van der Waals surface area contributed by atoms with Gasteiger partial charge in [0.2, 0.25) is 5.91 Å². The molecule has 0 radical (unpaired) electrons. The fourth-order valence-electron chi connectivity index (χ4n) is 2.06. The molecule has 2 aromatic carbocycles. The van der Waals surface area contributed by atoms with E-state index in [1.165, 1.54) is 6.07 Å². The van der Waals surface area contributed by atoms with Gasteiger partial charge in [0.1, 0.15) is 11.1 Å². The molecule has 2 aromatic rings. The van der Waals surface area contributed by atoms with Crippen molar-refractivity contribution >= 4 is 22.4 Å². The van der Waals surface area contributed by atoms with Crippen LogP contribution in [0.1, 0.15) is 23.6 Å². The predicted molar refractivity (Wildman–Crippen MR) is 93.4 cm³/mol. The molecular formula is C18H20FNO3S. The van der Waals surface area contributed by atoms with Gasteiger partial charge in [0.15, 0.2) is 0 Å². The zero-order valence-electron chi connectivity index (χ0n) is 13.6. The topological polar surface area (TPSA) is 66.4 Å². The van der Waals surface area contributed by atoms with Crippen molar-refractivity contribution in [3.8, 4) is 0 Å². The number of aliphatic hydroxyl groups excluding tert-OH is 1. The Morgan fingerprint density at radius 2 is 1.83 bits per heavy atom. The number of benzene rings is 2. The highest BCUT2D eigenvalue weighted by Gasteiger charge is 2.20. The first-order chi connectivity index (χ1) is 11.4. The molecule has 0 saturated heterocycles. The molecule has 0 bridgehead atoms. The van der Waals surface area contributed by atoms with Crippen LogP contribution in [0.2, 0.25) is 0 Å². The Morgan fingerprint density at radius 3 is 2.42 bits per heavy atom. The summed E-state index contributed by atoms with van der Waals surface area (Å²) in [5.74, 6) is -0.572. The minimum absolute atomic E-state index is 0.0463. The molecule has 6 heteroatoms. The van der Waals surface area contributed by atoms with Crippen molar-refractivity contribution in [1.82, 2.24) is 0 Å². The molecule has 0 heterocycles. The lowest BCUT2D eigenvalue weighted by molar-refractivity contribution is -0.115. The van der Waals surface area contributed by atoms with E-state index in [2.05, 4.69) is 5.32 Å². The minimum Gasteiger partial charge on any atom is -0.392 e. The van der Waals surface area contributed by atoms with E-state index in [0.29, 0.717) is 11.3 Å². The van der Waals surface area contributed by atoms with Crippen molar-refractivity contribution in [2.75, 3.05) is 5.32 Å². The normalized spacial score (nSPS) is 13.3. The van der Waals surface area contributed by atoms with Gasteiger partial charge in [0.05, 0.1) is 6.61 Å². The number of anilines is 1. The third-order valence-corrected chi connectivity index (χ3v) is 5.34. The van der Waals surface area contributed by atoms with Crippen LogP contribution in [-0.2, 0) is 28.0 Å². The maximum Gasteiger partial charge on any atom is 0.239 e. The van der Waals surface area contributed by atoms with Crippen molar-refractivity contribution < 1.29 is 18.5 Å². The van der Waals surface area contributed by atoms with Crippen LogP contribution in [0.4, 0.5) is 10.1 Å². The smallest absolute Gasteiger partial charge is 0.239 e. The number of amides is 1. The number of nitrogens with one attached hydrogen (secondary N) is 1. The summed E-state index contributed by atoms with van der Waals surface area (Å²) in [4.78, 5) is 12.2. The van der Waals surface area contributed by atoms with Crippen LogP contribution in [0.3, 0.4) is 0 Å². The summed E-state index contributed by atoms with van der Waals surface area (Å²) in [6.45, 7) is 3.17. The second kappa shape index (κ2) is 8.17. The summed E-state index contributed by atoms with van der Waals surface area (Å²) in [6, 6.07) is 11.5. The van der Waals surface area contributed by atoms with Crippen LogP contribution >= 0.6 is 0 Å². The molecule has 0 saturated carbocycles. The number of aliphatic hydroxyl groups is 1. The number of carbonyl (C=O) groups excluding carboxylic acids is 1. The molecule has 0 spiro atoms. The number of carbonyl (C=O) groups is 1. The van der Waals surface area contributed by atoms with Crippen LogP contribution in [0.25, 0.3) is 0 Å². The third kappa shape index (κ3) is 4.72. The van der Waals surface area contributed by atoms with Gasteiger partial charge in [-0.15, -0.1) is 0 Å². The molecule has 2 N–H and O–H groups in total. The average molecular weight is 349 g/mol. The van der Waals surface area contributed by atoms with Crippen molar-refractivity contribution in [2.24, 2.45) is 0 Å². The molecule has 128 valence electrons. The van der Waals surface area contributed by atoms with Gasteiger partial charge in [-0.2, -0.15) is 0 Å². The highest BCUT2D eigenvalue weighted by atomic mass is 32.2. The molecule has 2 unspecified atom stereocenters. The number of hydrogen-bond donors (Lipinski definition) is 2. The van der Waals surface area contributed by atoms with Crippen LogP contribution in [0.15, 0.2) is 42.5 Å². The summed E-state index contributed by atoms with van der Waals surface area (Å²) < 4.78 is 25.9. The van der Waals surface area contributed by atoms with E-state index >= 15 is 0 Å². The molecule has 0 aliphatic rings. The maximum absolute atomic E-state index is 13.5. The van der Waals surface area contributed by atoms with Crippen molar-refractivity contribution in [2.45, 2.75) is 31.5 Å². The quantitative estimate of drug-likeness (QED) is 0.843. The highest BCUT2D eigenvalue weighted by Crippen LogP contribution is 2.15. The largest absolute Gasteiger partial charge is 0.392 e. The third-order valence-electron chi connectivity index (χ3n) is 3.72. The maximum atomic E-state index is 13.5. The van der Waals surface area contributed by atoms with Gasteiger partial charge in [-0.1, -0.05) is 30.3 Å². The van der Waals surface area contributed by atoms with Crippen LogP contribution < -0.4 is 5.32 Å². The molecule has 0 aliphatic heterocycles. The molecular weight excluding hydrogens is 329 g/mol. The van der Waals surface area contributed by atoms with Crippen molar-refractivity contribution in [3.63, 3.8) is 0 Å². The van der Waals surface area contributed by atoms with E-state index in [9.17, 15) is 13.4 Å². The zero-order valence-corrected chi connectivity index (χ0v) is 14.4. The number of halogens is 1. The molecule has 2 rings (SSSR count). The SMILES string of the molecule is Cc1ccc(NC(=O)C(C)S(=O)Cc2ccc(CO)cc2)cc1F. The first kappa shape index (κ1) is 18.3. The summed E-state index contributed by atoms with van der Waals surface area (Å²) in [6.07, 6.45) is 0. The van der Waals surface area contributed by atoms with Crippen molar-refractivity contribution in [1.29, 1.82) is 0 Å². The fourth-order valence-corrected chi connectivity index (χ4v) is 3.13. The monoisotopic (exact) mass is 349 g/mol. The van der Waals surface area contributed by atoms with Gasteiger partial charge in [-0.3, -0.25) is 9.00 Å². The Labute approximate surface area is 143 Å². The average Bonchev–Trinajstić information content (AvgIpc) is 2.58. The molecule has 2 atom stereocenters. The second-order valence-corrected chi connectivity index (χ2v) is 7.35. The lowest BCUT2D eigenvalue weighted by Gasteiger charge is -2.13. The lowest BCUT2D eigenvalue weighted by atomic mass is 10.2. The number of aryl methyl sites for hydroxylation is 1. The first-order valence-electron chi connectivity index (χ1n) is 7.53. The van der Waals surface area contributed by atoms with Gasteiger partial charge < -0.3 is 10.4 Å². The Bertz CT molecular complexity index is 746. The minimum atomic E-state index is -1.41. The van der Waals surface area contributed by atoms with Gasteiger partial charge in [0, 0.05) is 22.2 Å². The molecule has 1 amide bonds. The Hall–Kier alpha value is -2.05. The first-order valence-corrected chi connectivity index (χ1v) is 8.91. The van der Waals surface area contributed by atoms with Gasteiger partial charge >= 0.3 is 0 Å². The number of hydrogen-bond acceptors (Lipinski definition) is 3. The van der Waals surface area contributed by atoms with Gasteiger partial charge in [0.25, 0.3) is 0 Å². The zero-order chi connectivity index (χ0) is 17.7. The van der Waals surface area contributed by atoms with E-state index in [-0.39, 0.29) is 12.4 Å². The van der Waals surface area contributed by atoms with E-state index in [1.807, 2.05) is 0 Å². The second-order valence-electron chi connectivity index (χ2n) is 5.60. The summed E-state index contributed by atoms with van der Waals surface area (Å²) in [5, 5.41) is 10.9. The van der Waals surface area contributed by atoms with E-state index in [1.54, 1.807) is 50.2 Å². The Kier molecular flexibility index (Phi) is 6.23. The summed E-state index contributed by atoms with van der Waals surface area (Å²) in [5.41, 5.74) is 2.44. The van der Waals surface area contributed by atoms with Gasteiger partial charge in [-0.05, 0) is 42.7 Å². The molecule has 0 aliphatic carbocycles.